The Kier molecular flexibility index (Phi) is 5.76. The second kappa shape index (κ2) is 7.79. The van der Waals surface area contributed by atoms with Gasteiger partial charge < -0.3 is 10.1 Å². The quantitative estimate of drug-likeness (QED) is 0.840. The van der Waals surface area contributed by atoms with Crippen molar-refractivity contribution in [2.75, 3.05) is 7.05 Å². The first-order valence-electron chi connectivity index (χ1n) is 7.52. The molecule has 0 amide bonds. The van der Waals surface area contributed by atoms with Crippen LogP contribution in [-0.4, -0.2) is 18.1 Å². The van der Waals surface area contributed by atoms with Gasteiger partial charge in [-0.25, -0.2) is 0 Å². The zero-order valence-electron chi connectivity index (χ0n) is 13.0. The highest BCUT2D eigenvalue weighted by molar-refractivity contribution is 5.36. The first-order chi connectivity index (χ1) is 10.2. The molecule has 1 aromatic carbocycles. The summed E-state index contributed by atoms with van der Waals surface area (Å²) in [6.45, 7) is 4.12. The number of ether oxygens (including phenoxy) is 1. The lowest BCUT2D eigenvalue weighted by Crippen LogP contribution is -2.19. The minimum Gasteiger partial charge on any atom is -0.491 e. The summed E-state index contributed by atoms with van der Waals surface area (Å²) in [7, 11) is 2.00. The van der Waals surface area contributed by atoms with Crippen LogP contribution in [0, 0.1) is 0 Å². The van der Waals surface area contributed by atoms with E-state index in [-0.39, 0.29) is 12.1 Å². The number of hydrogen-bond acceptors (Lipinski definition) is 3. The van der Waals surface area contributed by atoms with Crippen LogP contribution in [0.2, 0.25) is 0 Å². The van der Waals surface area contributed by atoms with Crippen LogP contribution in [0.4, 0.5) is 0 Å². The first-order valence-corrected chi connectivity index (χ1v) is 7.52. The Hall–Kier alpha value is -1.87. The Labute approximate surface area is 127 Å². The van der Waals surface area contributed by atoms with Crippen LogP contribution in [0.25, 0.3) is 0 Å². The van der Waals surface area contributed by atoms with E-state index in [4.69, 9.17) is 4.74 Å². The third kappa shape index (κ3) is 4.57. The Balaban J connectivity index is 2.10. The van der Waals surface area contributed by atoms with Gasteiger partial charge in [0.2, 0.25) is 0 Å². The van der Waals surface area contributed by atoms with Crippen LogP contribution in [0.15, 0.2) is 48.8 Å². The van der Waals surface area contributed by atoms with Gasteiger partial charge in [0.25, 0.3) is 0 Å². The minimum atomic E-state index is 0.184. The molecule has 2 aromatic rings. The number of benzene rings is 1. The summed E-state index contributed by atoms with van der Waals surface area (Å²) >= 11 is 0. The zero-order valence-corrected chi connectivity index (χ0v) is 13.0. The van der Waals surface area contributed by atoms with Crippen molar-refractivity contribution < 1.29 is 4.74 Å². The zero-order chi connectivity index (χ0) is 15.1. The number of pyridine rings is 1. The van der Waals surface area contributed by atoms with Gasteiger partial charge in [0.05, 0.1) is 6.10 Å². The molecule has 0 saturated carbocycles. The lowest BCUT2D eigenvalue weighted by molar-refractivity contribution is 0.237. The molecule has 1 atom stereocenters. The maximum atomic E-state index is 5.93. The average Bonchev–Trinajstić information content (AvgIpc) is 2.50. The van der Waals surface area contributed by atoms with E-state index in [1.165, 1.54) is 11.1 Å². The van der Waals surface area contributed by atoms with E-state index in [1.54, 1.807) is 0 Å². The highest BCUT2D eigenvalue weighted by Gasteiger charge is 2.15. The van der Waals surface area contributed by atoms with Crippen LogP contribution in [0.3, 0.4) is 0 Å². The summed E-state index contributed by atoms with van der Waals surface area (Å²) in [5, 5.41) is 3.41. The molecule has 0 bridgehead atoms. The predicted molar refractivity (Wildman–Crippen MR) is 86.6 cm³/mol. The molecule has 0 spiro atoms. The molecule has 3 nitrogen and oxygen atoms in total. The molecule has 2 rings (SSSR count). The van der Waals surface area contributed by atoms with E-state index in [0.717, 1.165) is 18.6 Å². The van der Waals surface area contributed by atoms with Crippen LogP contribution in [-0.2, 0) is 6.42 Å². The fraction of sp³-hybridized carbons (Fsp3) is 0.389. The molecule has 0 aliphatic carbocycles. The number of aromatic nitrogens is 1. The van der Waals surface area contributed by atoms with Gasteiger partial charge in [-0.05, 0) is 57.5 Å². The van der Waals surface area contributed by atoms with Crippen molar-refractivity contribution in [3.8, 4) is 5.75 Å². The smallest absolute Gasteiger partial charge is 0.124 e. The van der Waals surface area contributed by atoms with Crippen molar-refractivity contribution >= 4 is 0 Å². The van der Waals surface area contributed by atoms with E-state index in [1.807, 2.05) is 31.6 Å². The van der Waals surface area contributed by atoms with Gasteiger partial charge >= 0.3 is 0 Å². The van der Waals surface area contributed by atoms with Gasteiger partial charge in [-0.3, -0.25) is 4.98 Å². The van der Waals surface area contributed by atoms with Gasteiger partial charge in [-0.1, -0.05) is 18.2 Å². The molecule has 1 aromatic heterocycles. The van der Waals surface area contributed by atoms with Crippen LogP contribution in [0.1, 0.15) is 37.4 Å². The van der Waals surface area contributed by atoms with E-state index in [2.05, 4.69) is 48.4 Å². The van der Waals surface area contributed by atoms with E-state index in [0.29, 0.717) is 0 Å². The number of nitrogens with one attached hydrogen (secondary N) is 1. The van der Waals surface area contributed by atoms with Gasteiger partial charge in [0, 0.05) is 24.0 Å². The number of aryl methyl sites for hydroxylation is 1. The molecule has 0 saturated heterocycles. The maximum Gasteiger partial charge on any atom is 0.124 e. The standard InChI is InChI=1S/C18H24N2O/c1-14(2)21-18-7-5-4-6-16(18)17(19-3)9-8-15-10-12-20-13-11-15/h4-7,10-14,17,19H,8-9H2,1-3H3. The molecule has 0 aliphatic rings. The number of rotatable bonds is 7. The second-order valence-corrected chi connectivity index (χ2v) is 5.44. The summed E-state index contributed by atoms with van der Waals surface area (Å²) in [6, 6.07) is 12.7. The Morgan fingerprint density at radius 2 is 1.81 bits per heavy atom. The van der Waals surface area contributed by atoms with Crippen molar-refractivity contribution in [1.29, 1.82) is 0 Å². The average molecular weight is 284 g/mol. The largest absolute Gasteiger partial charge is 0.491 e. The summed E-state index contributed by atoms with van der Waals surface area (Å²) < 4.78 is 5.93. The fourth-order valence-corrected chi connectivity index (χ4v) is 2.45. The number of para-hydroxylation sites is 1. The summed E-state index contributed by atoms with van der Waals surface area (Å²) in [6.07, 6.45) is 5.92. The van der Waals surface area contributed by atoms with Crippen molar-refractivity contribution in [2.45, 2.75) is 38.8 Å². The third-order valence-corrected chi connectivity index (χ3v) is 3.48. The molecule has 1 heterocycles. The van der Waals surface area contributed by atoms with E-state index in [9.17, 15) is 0 Å². The lowest BCUT2D eigenvalue weighted by Gasteiger charge is -2.21. The van der Waals surface area contributed by atoms with Crippen LogP contribution in [0.5, 0.6) is 5.75 Å². The van der Waals surface area contributed by atoms with Crippen molar-refractivity contribution in [2.24, 2.45) is 0 Å². The van der Waals surface area contributed by atoms with Gasteiger partial charge in [-0.2, -0.15) is 0 Å². The molecule has 0 aliphatic heterocycles. The molecular formula is C18H24N2O. The highest BCUT2D eigenvalue weighted by Crippen LogP contribution is 2.28. The Bertz CT molecular complexity index is 540. The van der Waals surface area contributed by atoms with Crippen LogP contribution < -0.4 is 10.1 Å². The number of nitrogens with zero attached hydrogens (tertiary/aromatic N) is 1. The predicted octanol–water partition coefficient (Wildman–Crippen LogP) is 3.76. The van der Waals surface area contributed by atoms with Crippen molar-refractivity contribution in [3.63, 3.8) is 0 Å². The van der Waals surface area contributed by atoms with E-state index < -0.39 is 0 Å². The summed E-state index contributed by atoms with van der Waals surface area (Å²) in [5.74, 6) is 0.974. The van der Waals surface area contributed by atoms with Gasteiger partial charge in [-0.15, -0.1) is 0 Å². The fourth-order valence-electron chi connectivity index (χ4n) is 2.45. The topological polar surface area (TPSA) is 34.2 Å². The molecule has 1 N–H and O–H groups in total. The van der Waals surface area contributed by atoms with Gasteiger partial charge in [0.15, 0.2) is 0 Å². The molecule has 3 heteroatoms. The molecule has 21 heavy (non-hydrogen) atoms. The highest BCUT2D eigenvalue weighted by atomic mass is 16.5. The SMILES string of the molecule is CNC(CCc1ccncc1)c1ccccc1OC(C)C. The first kappa shape index (κ1) is 15.5. The molecule has 0 fully saturated rings. The van der Waals surface area contributed by atoms with Crippen molar-refractivity contribution in [3.05, 3.63) is 59.9 Å². The lowest BCUT2D eigenvalue weighted by atomic mass is 9.98. The molecular weight excluding hydrogens is 260 g/mol. The Morgan fingerprint density at radius 3 is 2.48 bits per heavy atom. The second-order valence-electron chi connectivity index (χ2n) is 5.44. The summed E-state index contributed by atoms with van der Waals surface area (Å²) in [5.41, 5.74) is 2.54. The van der Waals surface area contributed by atoms with Crippen LogP contribution >= 0.6 is 0 Å². The van der Waals surface area contributed by atoms with E-state index >= 15 is 0 Å². The normalized spacial score (nSPS) is 12.4. The Morgan fingerprint density at radius 1 is 1.10 bits per heavy atom. The third-order valence-electron chi connectivity index (χ3n) is 3.48. The summed E-state index contributed by atoms with van der Waals surface area (Å²) in [4.78, 5) is 4.06. The number of hydrogen-bond donors (Lipinski definition) is 1. The van der Waals surface area contributed by atoms with Gasteiger partial charge in [0.1, 0.15) is 5.75 Å². The maximum absolute atomic E-state index is 5.93. The molecule has 112 valence electrons. The minimum absolute atomic E-state index is 0.184. The van der Waals surface area contributed by atoms with Crippen molar-refractivity contribution in [1.82, 2.24) is 10.3 Å². The monoisotopic (exact) mass is 284 g/mol. The molecule has 1 unspecified atom stereocenters. The molecule has 0 radical (unpaired) electrons.